The Morgan fingerprint density at radius 3 is 2.25 bits per heavy atom. The molecule has 1 aliphatic rings. The number of nitrogens with one attached hydrogen (secondary N) is 1. The fourth-order valence-electron chi connectivity index (χ4n) is 4.51. The van der Waals surface area contributed by atoms with Crippen LogP contribution < -0.4 is 9.46 Å². The third kappa shape index (κ3) is 3.26. The van der Waals surface area contributed by atoms with Crippen molar-refractivity contribution in [2.24, 2.45) is 17.9 Å². The van der Waals surface area contributed by atoms with E-state index in [0.29, 0.717) is 5.75 Å². The van der Waals surface area contributed by atoms with E-state index in [1.165, 1.54) is 17.1 Å². The summed E-state index contributed by atoms with van der Waals surface area (Å²) in [5.74, 6) is 0.903. The lowest BCUT2D eigenvalue weighted by Gasteiger charge is -2.18. The number of para-hydroxylation sites is 1. The van der Waals surface area contributed by atoms with E-state index in [9.17, 15) is 8.42 Å². The Kier molecular flexibility index (Phi) is 4.89. The molecular weight excluding hydrogens is 426 g/mol. The normalized spacial score (nSPS) is 18.2. The van der Waals surface area contributed by atoms with Crippen molar-refractivity contribution in [3.8, 4) is 11.6 Å². The summed E-state index contributed by atoms with van der Waals surface area (Å²) in [6.45, 7) is 12.9. The number of rotatable bonds is 6. The standard InChI is InChI=1S/C23H29N5O3S/c1-15-10-8-9-11-17(15)31-19-12-18(23(6)21(2,3)22(23,4)5)25-20(26-19)27-32(29,30)16-13-24-28(7)14-16/h8-14H,1-7H3,(H,25,26,27). The fourth-order valence-corrected chi connectivity index (χ4v) is 5.44. The SMILES string of the molecule is Cc1ccccc1Oc1cc(C2(C)C(C)(C)C2(C)C)nc(NS(=O)(=O)c2cnn(C)c2)n1. The molecule has 0 radical (unpaired) electrons. The van der Waals surface area contributed by atoms with E-state index >= 15 is 0 Å². The second-order valence-corrected chi connectivity index (χ2v) is 11.3. The summed E-state index contributed by atoms with van der Waals surface area (Å²) in [6, 6.07) is 9.41. The summed E-state index contributed by atoms with van der Waals surface area (Å²) in [4.78, 5) is 9.04. The molecule has 2 aromatic heterocycles. The molecule has 4 rings (SSSR count). The highest BCUT2D eigenvalue weighted by Crippen LogP contribution is 2.77. The number of aryl methyl sites for hydroxylation is 2. The Labute approximate surface area is 189 Å². The highest BCUT2D eigenvalue weighted by molar-refractivity contribution is 7.92. The molecule has 0 amide bonds. The van der Waals surface area contributed by atoms with Crippen molar-refractivity contribution in [3.05, 3.63) is 54.0 Å². The number of anilines is 1. The smallest absolute Gasteiger partial charge is 0.267 e. The van der Waals surface area contributed by atoms with Gasteiger partial charge < -0.3 is 4.74 Å². The third-order valence-corrected chi connectivity index (χ3v) is 9.02. The molecule has 1 saturated carbocycles. The molecule has 1 fully saturated rings. The fraction of sp³-hybridized carbons (Fsp3) is 0.435. The van der Waals surface area contributed by atoms with Crippen LogP contribution in [0.25, 0.3) is 0 Å². The van der Waals surface area contributed by atoms with Crippen LogP contribution in [-0.4, -0.2) is 28.2 Å². The maximum atomic E-state index is 12.9. The first-order valence-electron chi connectivity index (χ1n) is 10.4. The van der Waals surface area contributed by atoms with Crippen LogP contribution in [-0.2, 0) is 22.5 Å². The first-order chi connectivity index (χ1) is 14.8. The van der Waals surface area contributed by atoms with E-state index in [1.807, 2.05) is 37.3 Å². The van der Waals surface area contributed by atoms with Crippen molar-refractivity contribution in [2.45, 2.75) is 51.9 Å². The van der Waals surface area contributed by atoms with Gasteiger partial charge in [0.05, 0.1) is 11.9 Å². The molecule has 0 aliphatic heterocycles. The van der Waals surface area contributed by atoms with E-state index < -0.39 is 10.0 Å². The van der Waals surface area contributed by atoms with Crippen LogP contribution in [0.4, 0.5) is 5.95 Å². The molecule has 9 heteroatoms. The Balaban J connectivity index is 1.79. The van der Waals surface area contributed by atoms with Gasteiger partial charge in [0.2, 0.25) is 11.8 Å². The molecule has 32 heavy (non-hydrogen) atoms. The second kappa shape index (κ2) is 7.03. The molecular formula is C23H29N5O3S. The van der Waals surface area contributed by atoms with Crippen molar-refractivity contribution in [3.63, 3.8) is 0 Å². The zero-order valence-corrected chi connectivity index (χ0v) is 20.3. The first-order valence-corrected chi connectivity index (χ1v) is 11.9. The lowest BCUT2D eigenvalue weighted by atomic mass is 9.93. The molecule has 0 bridgehead atoms. The molecule has 3 aromatic rings. The molecule has 2 heterocycles. The van der Waals surface area contributed by atoms with E-state index in [-0.39, 0.29) is 33.0 Å². The van der Waals surface area contributed by atoms with Gasteiger partial charge in [-0.2, -0.15) is 10.1 Å². The second-order valence-electron chi connectivity index (χ2n) is 9.61. The number of aromatic nitrogens is 4. The molecule has 1 N–H and O–H groups in total. The van der Waals surface area contributed by atoms with Crippen LogP contribution in [0.15, 0.2) is 47.6 Å². The number of nitrogens with zero attached hydrogens (tertiary/aromatic N) is 4. The summed E-state index contributed by atoms with van der Waals surface area (Å²) < 4.78 is 35.8. The Hall–Kier alpha value is -2.94. The van der Waals surface area contributed by atoms with Crippen LogP contribution in [0.5, 0.6) is 11.6 Å². The summed E-state index contributed by atoms with van der Waals surface area (Å²) >= 11 is 0. The predicted octanol–water partition coefficient (Wildman–Crippen LogP) is 4.44. The maximum Gasteiger partial charge on any atom is 0.267 e. The van der Waals surface area contributed by atoms with Crippen molar-refractivity contribution >= 4 is 16.0 Å². The summed E-state index contributed by atoms with van der Waals surface area (Å²) in [6.07, 6.45) is 2.71. The van der Waals surface area contributed by atoms with Gasteiger partial charge in [-0.1, -0.05) is 52.8 Å². The van der Waals surface area contributed by atoms with Gasteiger partial charge in [0.1, 0.15) is 10.6 Å². The van der Waals surface area contributed by atoms with Crippen LogP contribution in [0.2, 0.25) is 0 Å². The van der Waals surface area contributed by atoms with Crippen molar-refractivity contribution in [1.82, 2.24) is 19.7 Å². The quantitative estimate of drug-likeness (QED) is 0.590. The van der Waals surface area contributed by atoms with E-state index in [1.54, 1.807) is 7.05 Å². The molecule has 0 spiro atoms. The maximum absolute atomic E-state index is 12.9. The number of hydrogen-bond acceptors (Lipinski definition) is 6. The molecule has 170 valence electrons. The third-order valence-electron chi connectivity index (χ3n) is 7.74. The van der Waals surface area contributed by atoms with E-state index in [4.69, 9.17) is 4.74 Å². The summed E-state index contributed by atoms with van der Waals surface area (Å²) in [5.41, 5.74) is 1.29. The lowest BCUT2D eigenvalue weighted by Crippen LogP contribution is -2.19. The Morgan fingerprint density at radius 1 is 1.03 bits per heavy atom. The molecule has 1 aromatic carbocycles. The molecule has 0 unspecified atom stereocenters. The average molecular weight is 456 g/mol. The minimum atomic E-state index is -3.90. The van der Waals surface area contributed by atoms with Crippen molar-refractivity contribution < 1.29 is 13.2 Å². The van der Waals surface area contributed by atoms with Gasteiger partial charge in [-0.3, -0.25) is 4.68 Å². The average Bonchev–Trinajstić information content (AvgIpc) is 3.02. The van der Waals surface area contributed by atoms with Gasteiger partial charge in [0.15, 0.2) is 0 Å². The molecule has 8 nitrogen and oxygen atoms in total. The largest absolute Gasteiger partial charge is 0.439 e. The van der Waals surface area contributed by atoms with Crippen molar-refractivity contribution in [1.29, 1.82) is 0 Å². The number of hydrogen-bond donors (Lipinski definition) is 1. The van der Waals surface area contributed by atoms with Crippen LogP contribution in [0.1, 0.15) is 45.9 Å². The first kappa shape index (κ1) is 22.3. The summed E-state index contributed by atoms with van der Waals surface area (Å²) in [5, 5.41) is 3.94. The number of ether oxygens (including phenoxy) is 1. The van der Waals surface area contributed by atoms with Crippen LogP contribution in [0, 0.1) is 17.8 Å². The molecule has 0 saturated heterocycles. The lowest BCUT2D eigenvalue weighted by molar-refractivity contribution is 0.452. The monoisotopic (exact) mass is 455 g/mol. The molecule has 1 aliphatic carbocycles. The van der Waals surface area contributed by atoms with Gasteiger partial charge >= 0.3 is 0 Å². The van der Waals surface area contributed by atoms with E-state index in [2.05, 4.69) is 54.4 Å². The highest BCUT2D eigenvalue weighted by atomic mass is 32.2. The summed E-state index contributed by atoms with van der Waals surface area (Å²) in [7, 11) is -2.25. The van der Waals surface area contributed by atoms with E-state index in [0.717, 1.165) is 11.3 Å². The zero-order valence-electron chi connectivity index (χ0n) is 19.5. The number of sulfonamides is 1. The zero-order chi connectivity index (χ0) is 23.5. The predicted molar refractivity (Wildman–Crippen MR) is 122 cm³/mol. The van der Waals surface area contributed by atoms with Crippen LogP contribution >= 0.6 is 0 Å². The van der Waals surface area contributed by atoms with Crippen molar-refractivity contribution in [2.75, 3.05) is 4.72 Å². The van der Waals surface area contributed by atoms with Gasteiger partial charge in [0, 0.05) is 24.7 Å². The Morgan fingerprint density at radius 2 is 1.69 bits per heavy atom. The van der Waals surface area contributed by atoms with Gasteiger partial charge in [-0.25, -0.2) is 18.1 Å². The topological polar surface area (TPSA) is 99.0 Å². The van der Waals surface area contributed by atoms with Gasteiger partial charge in [-0.15, -0.1) is 0 Å². The minimum absolute atomic E-state index is 0.0327. The number of benzene rings is 1. The van der Waals surface area contributed by atoms with Gasteiger partial charge in [-0.05, 0) is 29.4 Å². The molecule has 0 atom stereocenters. The highest BCUT2D eigenvalue weighted by Gasteiger charge is 2.75. The minimum Gasteiger partial charge on any atom is -0.439 e. The van der Waals surface area contributed by atoms with Gasteiger partial charge in [0.25, 0.3) is 10.0 Å². The Bertz CT molecular complexity index is 1280. The van der Waals surface area contributed by atoms with Crippen LogP contribution in [0.3, 0.4) is 0 Å².